The van der Waals surface area contributed by atoms with Gasteiger partial charge >= 0.3 is 0 Å². The first-order chi connectivity index (χ1) is 11.4. The second kappa shape index (κ2) is 7.25. The zero-order chi connectivity index (χ0) is 17.9. The largest absolute Gasteiger partial charge is 0.507 e. The SMILES string of the molecule is COc1cc(C)c(C(C)NC(=O)c2ccc(C)cc2O)cc1OC. The standard InChI is InChI=1S/C19H23NO4/c1-11-6-7-14(16(21)8-11)19(22)20-13(3)15-10-18(24-5)17(23-4)9-12(15)2/h6-10,13,21H,1-5H3,(H,20,22). The van der Waals surface area contributed by atoms with Crippen molar-refractivity contribution >= 4 is 5.91 Å². The van der Waals surface area contributed by atoms with Crippen molar-refractivity contribution in [3.05, 3.63) is 52.6 Å². The van der Waals surface area contributed by atoms with Crippen molar-refractivity contribution in [2.45, 2.75) is 26.8 Å². The van der Waals surface area contributed by atoms with Crippen LogP contribution in [0.2, 0.25) is 0 Å². The highest BCUT2D eigenvalue weighted by Gasteiger charge is 2.18. The molecule has 0 aliphatic heterocycles. The molecule has 5 nitrogen and oxygen atoms in total. The molecule has 0 aliphatic carbocycles. The average Bonchev–Trinajstić information content (AvgIpc) is 2.54. The van der Waals surface area contributed by atoms with Crippen LogP contribution in [0.15, 0.2) is 30.3 Å². The molecule has 0 saturated carbocycles. The minimum atomic E-state index is -0.325. The maximum absolute atomic E-state index is 12.4. The number of aromatic hydroxyl groups is 1. The van der Waals surface area contributed by atoms with E-state index in [2.05, 4.69) is 5.32 Å². The Hall–Kier alpha value is -2.69. The average molecular weight is 329 g/mol. The van der Waals surface area contributed by atoms with Crippen molar-refractivity contribution in [1.82, 2.24) is 5.32 Å². The van der Waals surface area contributed by atoms with Crippen molar-refractivity contribution < 1.29 is 19.4 Å². The van der Waals surface area contributed by atoms with Crippen LogP contribution in [0, 0.1) is 13.8 Å². The van der Waals surface area contributed by atoms with E-state index in [1.165, 1.54) is 0 Å². The fraction of sp³-hybridized carbons (Fsp3) is 0.316. The number of amides is 1. The van der Waals surface area contributed by atoms with Crippen LogP contribution in [-0.4, -0.2) is 25.2 Å². The Morgan fingerprint density at radius 3 is 2.29 bits per heavy atom. The number of phenols is 1. The number of carbonyl (C=O) groups excluding carboxylic acids is 1. The maximum atomic E-state index is 12.4. The van der Waals surface area contributed by atoms with Crippen molar-refractivity contribution in [1.29, 1.82) is 0 Å². The molecule has 0 aromatic heterocycles. The van der Waals surface area contributed by atoms with E-state index in [1.807, 2.05) is 32.9 Å². The summed E-state index contributed by atoms with van der Waals surface area (Å²) >= 11 is 0. The van der Waals surface area contributed by atoms with Crippen molar-refractivity contribution in [3.63, 3.8) is 0 Å². The quantitative estimate of drug-likeness (QED) is 0.881. The molecule has 1 unspecified atom stereocenters. The smallest absolute Gasteiger partial charge is 0.255 e. The molecular weight excluding hydrogens is 306 g/mol. The molecule has 2 aromatic rings. The maximum Gasteiger partial charge on any atom is 0.255 e. The van der Waals surface area contributed by atoms with Crippen molar-refractivity contribution in [3.8, 4) is 17.2 Å². The molecular formula is C19H23NO4. The number of ether oxygens (including phenoxy) is 2. The lowest BCUT2D eigenvalue weighted by Crippen LogP contribution is -2.27. The third kappa shape index (κ3) is 3.62. The van der Waals surface area contributed by atoms with E-state index in [1.54, 1.807) is 32.4 Å². The van der Waals surface area contributed by atoms with Crippen LogP contribution < -0.4 is 14.8 Å². The summed E-state index contributed by atoms with van der Waals surface area (Å²) in [6.07, 6.45) is 0. The molecule has 0 bridgehead atoms. The van der Waals surface area contributed by atoms with Crippen molar-refractivity contribution in [2.75, 3.05) is 14.2 Å². The van der Waals surface area contributed by atoms with Crippen molar-refractivity contribution in [2.24, 2.45) is 0 Å². The van der Waals surface area contributed by atoms with E-state index in [0.717, 1.165) is 16.7 Å². The number of nitrogens with one attached hydrogen (secondary N) is 1. The molecule has 0 radical (unpaired) electrons. The summed E-state index contributed by atoms with van der Waals surface area (Å²) in [5.74, 6) is 0.906. The minimum Gasteiger partial charge on any atom is -0.507 e. The molecule has 0 heterocycles. The van der Waals surface area contributed by atoms with Crippen LogP contribution in [0.4, 0.5) is 0 Å². The van der Waals surface area contributed by atoms with E-state index >= 15 is 0 Å². The van der Waals surface area contributed by atoms with Gasteiger partial charge in [-0.1, -0.05) is 6.07 Å². The summed E-state index contributed by atoms with van der Waals surface area (Å²) in [6, 6.07) is 8.46. The van der Waals surface area contributed by atoms with Gasteiger partial charge in [0.15, 0.2) is 11.5 Å². The Kier molecular flexibility index (Phi) is 5.34. The first kappa shape index (κ1) is 17.7. The van der Waals surface area contributed by atoms with Gasteiger partial charge in [0.25, 0.3) is 5.91 Å². The molecule has 0 aliphatic rings. The molecule has 2 N–H and O–H groups in total. The van der Waals surface area contributed by atoms with Gasteiger partial charge < -0.3 is 19.9 Å². The lowest BCUT2D eigenvalue weighted by atomic mass is 10.0. The topological polar surface area (TPSA) is 67.8 Å². The van der Waals surface area contributed by atoms with E-state index in [-0.39, 0.29) is 23.3 Å². The van der Waals surface area contributed by atoms with Gasteiger partial charge in [-0.25, -0.2) is 0 Å². The molecule has 5 heteroatoms. The molecule has 1 atom stereocenters. The number of rotatable bonds is 5. The highest BCUT2D eigenvalue weighted by Crippen LogP contribution is 2.33. The monoisotopic (exact) mass is 329 g/mol. The van der Waals surface area contributed by atoms with E-state index in [9.17, 15) is 9.90 Å². The zero-order valence-corrected chi connectivity index (χ0v) is 14.6. The molecule has 0 fully saturated rings. The number of phenolic OH excluding ortho intramolecular Hbond substituents is 1. The molecule has 0 spiro atoms. The van der Waals surface area contributed by atoms with Crippen LogP contribution in [-0.2, 0) is 0 Å². The Labute approximate surface area is 142 Å². The molecule has 128 valence electrons. The number of benzene rings is 2. The van der Waals surface area contributed by atoms with E-state index in [0.29, 0.717) is 11.5 Å². The normalized spacial score (nSPS) is 11.7. The predicted octanol–water partition coefficient (Wildman–Crippen LogP) is 3.52. The highest BCUT2D eigenvalue weighted by atomic mass is 16.5. The summed E-state index contributed by atoms with van der Waals surface area (Å²) in [5.41, 5.74) is 3.06. The number of methoxy groups -OCH3 is 2. The number of hydrogen-bond donors (Lipinski definition) is 2. The Morgan fingerprint density at radius 1 is 1.08 bits per heavy atom. The Morgan fingerprint density at radius 2 is 1.71 bits per heavy atom. The first-order valence-corrected chi connectivity index (χ1v) is 7.70. The summed E-state index contributed by atoms with van der Waals surface area (Å²) in [4.78, 5) is 12.4. The second-order valence-corrected chi connectivity index (χ2v) is 5.78. The van der Waals surface area contributed by atoms with E-state index < -0.39 is 0 Å². The predicted molar refractivity (Wildman–Crippen MR) is 93.0 cm³/mol. The number of hydrogen-bond acceptors (Lipinski definition) is 4. The molecule has 24 heavy (non-hydrogen) atoms. The fourth-order valence-electron chi connectivity index (χ4n) is 2.65. The molecule has 2 aromatic carbocycles. The first-order valence-electron chi connectivity index (χ1n) is 7.70. The minimum absolute atomic E-state index is 0.0243. The lowest BCUT2D eigenvalue weighted by molar-refractivity contribution is 0.0937. The van der Waals surface area contributed by atoms with Gasteiger partial charge in [-0.05, 0) is 61.7 Å². The third-order valence-corrected chi connectivity index (χ3v) is 3.98. The second-order valence-electron chi connectivity index (χ2n) is 5.78. The van der Waals surface area contributed by atoms with Gasteiger partial charge in [0.2, 0.25) is 0 Å². The fourth-order valence-corrected chi connectivity index (χ4v) is 2.65. The Balaban J connectivity index is 2.26. The molecule has 0 saturated heterocycles. The van der Waals surface area contributed by atoms with Gasteiger partial charge in [-0.2, -0.15) is 0 Å². The number of carbonyl (C=O) groups is 1. The third-order valence-electron chi connectivity index (χ3n) is 3.98. The van der Waals surface area contributed by atoms with Crippen LogP contribution >= 0.6 is 0 Å². The van der Waals surface area contributed by atoms with Crippen LogP contribution in [0.25, 0.3) is 0 Å². The van der Waals surface area contributed by atoms with E-state index in [4.69, 9.17) is 9.47 Å². The van der Waals surface area contributed by atoms with Gasteiger partial charge in [-0.15, -0.1) is 0 Å². The lowest BCUT2D eigenvalue weighted by Gasteiger charge is -2.19. The van der Waals surface area contributed by atoms with Gasteiger partial charge in [-0.3, -0.25) is 4.79 Å². The zero-order valence-electron chi connectivity index (χ0n) is 14.6. The van der Waals surface area contributed by atoms with Gasteiger partial charge in [0.1, 0.15) is 5.75 Å². The van der Waals surface area contributed by atoms with Gasteiger partial charge in [0, 0.05) is 0 Å². The highest BCUT2D eigenvalue weighted by molar-refractivity contribution is 5.97. The summed E-state index contributed by atoms with van der Waals surface area (Å²) in [7, 11) is 3.16. The molecule has 1 amide bonds. The van der Waals surface area contributed by atoms with Crippen LogP contribution in [0.1, 0.15) is 40.0 Å². The van der Waals surface area contributed by atoms with Gasteiger partial charge in [0.05, 0.1) is 25.8 Å². The molecule has 2 rings (SSSR count). The number of aryl methyl sites for hydroxylation is 2. The van der Waals surface area contributed by atoms with Crippen LogP contribution in [0.5, 0.6) is 17.2 Å². The summed E-state index contributed by atoms with van der Waals surface area (Å²) in [5, 5.41) is 12.9. The Bertz CT molecular complexity index is 755. The summed E-state index contributed by atoms with van der Waals surface area (Å²) < 4.78 is 10.6. The van der Waals surface area contributed by atoms with Crippen LogP contribution in [0.3, 0.4) is 0 Å². The summed E-state index contributed by atoms with van der Waals surface area (Å²) in [6.45, 7) is 5.69.